The van der Waals surface area contributed by atoms with Crippen LogP contribution in [0.25, 0.3) is 0 Å². The number of carbonyl (C=O) groups is 2. The summed E-state index contributed by atoms with van der Waals surface area (Å²) in [7, 11) is 0. The van der Waals surface area contributed by atoms with Crippen LogP contribution in [0.2, 0.25) is 0 Å². The minimum absolute atomic E-state index is 0.159. The molecule has 0 aliphatic carbocycles. The molecule has 1 amide bonds. The maximum absolute atomic E-state index is 12.0. The van der Waals surface area contributed by atoms with Gasteiger partial charge >= 0.3 is 12.1 Å². The summed E-state index contributed by atoms with van der Waals surface area (Å²) in [5.74, 6) is -0.468. The van der Waals surface area contributed by atoms with Gasteiger partial charge < -0.3 is 14.8 Å². The summed E-state index contributed by atoms with van der Waals surface area (Å²) in [5.41, 5.74) is 0.885. The van der Waals surface area contributed by atoms with Crippen LogP contribution in [0.1, 0.15) is 40.2 Å². The number of nitrogens with one attached hydrogen (secondary N) is 1. The van der Waals surface area contributed by atoms with Crippen LogP contribution in [-0.4, -0.2) is 48.2 Å². The second kappa shape index (κ2) is 10.7. The quantitative estimate of drug-likeness (QED) is 0.694. The van der Waals surface area contributed by atoms with Crippen molar-refractivity contribution in [3.05, 3.63) is 35.9 Å². The number of benzene rings is 1. The van der Waals surface area contributed by atoms with E-state index in [-0.39, 0.29) is 6.61 Å². The molecule has 0 heterocycles. The van der Waals surface area contributed by atoms with Gasteiger partial charge in [-0.05, 0) is 40.2 Å². The molecule has 0 saturated heterocycles. The van der Waals surface area contributed by atoms with Crippen molar-refractivity contribution >= 4 is 12.1 Å². The molecule has 0 saturated carbocycles. The summed E-state index contributed by atoms with van der Waals surface area (Å²) in [6.45, 7) is 11.1. The third-order valence-electron chi connectivity index (χ3n) is 3.82. The lowest BCUT2D eigenvalue weighted by atomic mass is 10.2. The van der Waals surface area contributed by atoms with Crippen LogP contribution >= 0.6 is 0 Å². The fraction of sp³-hybridized carbons (Fsp3) is 0.579. The number of ether oxygens (including phenoxy) is 2. The second-order valence-electron chi connectivity index (χ2n) is 6.52. The van der Waals surface area contributed by atoms with Gasteiger partial charge in [-0.25, -0.2) is 9.59 Å². The first-order valence-corrected chi connectivity index (χ1v) is 8.70. The smallest absolute Gasteiger partial charge is 0.408 e. The fourth-order valence-electron chi connectivity index (χ4n) is 2.49. The molecular formula is C19H30N2O4. The van der Waals surface area contributed by atoms with Crippen LogP contribution < -0.4 is 5.32 Å². The van der Waals surface area contributed by atoms with Crippen molar-refractivity contribution in [2.45, 2.75) is 59.4 Å². The molecule has 0 aliphatic heterocycles. The van der Waals surface area contributed by atoms with Crippen LogP contribution in [0.4, 0.5) is 4.79 Å². The summed E-state index contributed by atoms with van der Waals surface area (Å²) in [5, 5.41) is 2.48. The van der Waals surface area contributed by atoms with Crippen molar-refractivity contribution in [2.75, 3.05) is 13.2 Å². The molecule has 1 aromatic carbocycles. The van der Waals surface area contributed by atoms with Gasteiger partial charge in [-0.1, -0.05) is 30.3 Å². The van der Waals surface area contributed by atoms with Gasteiger partial charge in [-0.15, -0.1) is 0 Å². The van der Waals surface area contributed by atoms with Gasteiger partial charge in [-0.2, -0.15) is 0 Å². The van der Waals surface area contributed by atoms with Gasteiger partial charge in [0.2, 0.25) is 0 Å². The van der Waals surface area contributed by atoms with E-state index in [0.717, 1.165) is 5.56 Å². The first-order valence-electron chi connectivity index (χ1n) is 8.70. The van der Waals surface area contributed by atoms with E-state index in [0.29, 0.717) is 25.2 Å². The van der Waals surface area contributed by atoms with Crippen molar-refractivity contribution in [3.8, 4) is 0 Å². The molecule has 25 heavy (non-hydrogen) atoms. The Morgan fingerprint density at radius 1 is 1.00 bits per heavy atom. The maximum Gasteiger partial charge on any atom is 0.408 e. The van der Waals surface area contributed by atoms with Crippen LogP contribution in [-0.2, 0) is 20.9 Å². The first kappa shape index (κ1) is 21.0. The Labute approximate surface area is 150 Å². The van der Waals surface area contributed by atoms with E-state index in [1.807, 2.05) is 30.3 Å². The Morgan fingerprint density at radius 2 is 1.60 bits per heavy atom. The number of rotatable bonds is 9. The second-order valence-corrected chi connectivity index (χ2v) is 6.52. The minimum atomic E-state index is -0.755. The number of amides is 1. The van der Waals surface area contributed by atoms with E-state index in [1.54, 1.807) is 6.92 Å². The zero-order valence-electron chi connectivity index (χ0n) is 15.8. The van der Waals surface area contributed by atoms with Crippen molar-refractivity contribution in [2.24, 2.45) is 0 Å². The lowest BCUT2D eigenvalue weighted by Gasteiger charge is -2.30. The Morgan fingerprint density at radius 3 is 2.16 bits per heavy atom. The summed E-state index contributed by atoms with van der Waals surface area (Å²) in [4.78, 5) is 25.9. The highest BCUT2D eigenvalue weighted by Crippen LogP contribution is 2.04. The fourth-order valence-corrected chi connectivity index (χ4v) is 2.49. The SMILES string of the molecule is CC(NC(=O)OCc1ccccc1)C(=O)OCCN(C(C)C)C(C)C. The molecule has 6 nitrogen and oxygen atoms in total. The average molecular weight is 350 g/mol. The van der Waals surface area contributed by atoms with E-state index in [1.165, 1.54) is 0 Å². The lowest BCUT2D eigenvalue weighted by Crippen LogP contribution is -2.42. The molecule has 140 valence electrons. The largest absolute Gasteiger partial charge is 0.463 e. The van der Waals surface area contributed by atoms with E-state index in [2.05, 4.69) is 37.9 Å². The Kier molecular flexibility index (Phi) is 8.99. The molecule has 1 aromatic rings. The van der Waals surface area contributed by atoms with E-state index >= 15 is 0 Å². The highest BCUT2D eigenvalue weighted by Gasteiger charge is 2.19. The normalized spacial score (nSPS) is 12.3. The maximum atomic E-state index is 12.0. The number of alkyl carbamates (subject to hydrolysis) is 1. The molecule has 0 bridgehead atoms. The van der Waals surface area contributed by atoms with Gasteiger partial charge in [0.05, 0.1) is 0 Å². The number of carbonyl (C=O) groups excluding carboxylic acids is 2. The summed E-state index contributed by atoms with van der Waals surface area (Å²) in [6, 6.07) is 9.35. The lowest BCUT2D eigenvalue weighted by molar-refractivity contribution is -0.146. The molecule has 0 spiro atoms. The zero-order valence-corrected chi connectivity index (χ0v) is 15.8. The molecular weight excluding hydrogens is 320 g/mol. The van der Waals surface area contributed by atoms with Crippen molar-refractivity contribution in [1.82, 2.24) is 10.2 Å². The first-order chi connectivity index (χ1) is 11.8. The van der Waals surface area contributed by atoms with E-state index < -0.39 is 18.1 Å². The van der Waals surface area contributed by atoms with Crippen molar-refractivity contribution in [1.29, 1.82) is 0 Å². The third kappa shape index (κ3) is 8.03. The molecule has 0 fully saturated rings. The molecule has 1 unspecified atom stereocenters. The van der Waals surface area contributed by atoms with Crippen LogP contribution in [0.5, 0.6) is 0 Å². The molecule has 0 aliphatic rings. The molecule has 0 radical (unpaired) electrons. The molecule has 0 aromatic heterocycles. The van der Waals surface area contributed by atoms with Gasteiger partial charge in [0.25, 0.3) is 0 Å². The van der Waals surface area contributed by atoms with Crippen LogP contribution in [0.3, 0.4) is 0 Å². The minimum Gasteiger partial charge on any atom is -0.463 e. The standard InChI is InChI=1S/C19H30N2O4/c1-14(2)21(15(3)4)11-12-24-18(22)16(5)20-19(23)25-13-17-9-7-6-8-10-17/h6-10,14-16H,11-13H2,1-5H3,(H,20,23). The third-order valence-corrected chi connectivity index (χ3v) is 3.82. The highest BCUT2D eigenvalue weighted by molar-refractivity contribution is 5.80. The number of hydrogen-bond acceptors (Lipinski definition) is 5. The predicted molar refractivity (Wildman–Crippen MR) is 97.2 cm³/mol. The van der Waals surface area contributed by atoms with Crippen LogP contribution in [0.15, 0.2) is 30.3 Å². The molecule has 6 heteroatoms. The molecule has 1 N–H and O–H groups in total. The topological polar surface area (TPSA) is 67.9 Å². The highest BCUT2D eigenvalue weighted by atomic mass is 16.6. The molecule has 1 atom stereocenters. The Balaban J connectivity index is 2.30. The van der Waals surface area contributed by atoms with Gasteiger partial charge in [-0.3, -0.25) is 4.90 Å². The number of esters is 1. The van der Waals surface area contributed by atoms with Gasteiger partial charge in [0, 0.05) is 18.6 Å². The van der Waals surface area contributed by atoms with Crippen molar-refractivity contribution in [3.63, 3.8) is 0 Å². The number of nitrogens with zero attached hydrogens (tertiary/aromatic N) is 1. The Bertz CT molecular complexity index is 523. The monoisotopic (exact) mass is 350 g/mol. The molecule has 1 rings (SSSR count). The van der Waals surface area contributed by atoms with Crippen LogP contribution in [0, 0.1) is 0 Å². The van der Waals surface area contributed by atoms with E-state index in [9.17, 15) is 9.59 Å². The zero-order chi connectivity index (χ0) is 18.8. The average Bonchev–Trinajstić information content (AvgIpc) is 2.56. The number of hydrogen-bond donors (Lipinski definition) is 1. The van der Waals surface area contributed by atoms with Gasteiger partial charge in [0.15, 0.2) is 0 Å². The predicted octanol–water partition coefficient (Wildman–Crippen LogP) is 2.96. The van der Waals surface area contributed by atoms with Crippen molar-refractivity contribution < 1.29 is 19.1 Å². The summed E-state index contributed by atoms with van der Waals surface area (Å²) < 4.78 is 10.3. The summed E-state index contributed by atoms with van der Waals surface area (Å²) >= 11 is 0. The Hall–Kier alpha value is -2.08. The summed E-state index contributed by atoms with van der Waals surface area (Å²) in [6.07, 6.45) is -0.640. The van der Waals surface area contributed by atoms with Gasteiger partial charge in [0.1, 0.15) is 19.3 Å². The van der Waals surface area contributed by atoms with E-state index in [4.69, 9.17) is 9.47 Å².